The normalized spacial score (nSPS) is 21.4. The fourth-order valence-corrected chi connectivity index (χ4v) is 5.32. The highest BCUT2D eigenvalue weighted by Crippen LogP contribution is 2.37. The lowest BCUT2D eigenvalue weighted by Gasteiger charge is -2.38. The van der Waals surface area contributed by atoms with Gasteiger partial charge in [-0.15, -0.1) is 0 Å². The molecule has 2 N–H and O–H groups in total. The number of para-hydroxylation sites is 1. The topological polar surface area (TPSA) is 134 Å². The first-order valence-corrected chi connectivity index (χ1v) is 13.4. The van der Waals surface area contributed by atoms with Crippen LogP contribution >= 0.6 is 0 Å². The predicted molar refractivity (Wildman–Crippen MR) is 132 cm³/mol. The van der Waals surface area contributed by atoms with Gasteiger partial charge < -0.3 is 24.6 Å². The molecule has 3 atom stereocenters. The Bertz CT molecular complexity index is 1240. The van der Waals surface area contributed by atoms with Crippen LogP contribution in [-0.4, -0.2) is 83.0 Å². The lowest BCUT2D eigenvalue weighted by Crippen LogP contribution is -2.50. The minimum absolute atomic E-state index is 0.0139. The average Bonchev–Trinajstić information content (AvgIpc) is 3.61. The van der Waals surface area contributed by atoms with Gasteiger partial charge in [-0.1, -0.05) is 13.0 Å². The zero-order valence-corrected chi connectivity index (χ0v) is 21.7. The van der Waals surface area contributed by atoms with E-state index in [2.05, 4.69) is 10.3 Å². The molecule has 2 aromatic rings. The van der Waals surface area contributed by atoms with Crippen LogP contribution in [0.25, 0.3) is 0 Å². The van der Waals surface area contributed by atoms with Crippen LogP contribution in [0, 0.1) is 11.8 Å². The Hall–Kier alpha value is -2.96. The number of sulfonamides is 1. The number of hydrogen-bond donors (Lipinski definition) is 2. The summed E-state index contributed by atoms with van der Waals surface area (Å²) >= 11 is 0. The summed E-state index contributed by atoms with van der Waals surface area (Å²) in [5.74, 6) is -0.618. The van der Waals surface area contributed by atoms with Gasteiger partial charge in [-0.05, 0) is 31.9 Å². The number of ether oxygens (including phenoxy) is 1. The Kier molecular flexibility index (Phi) is 7.39. The Morgan fingerprint density at radius 1 is 1.36 bits per heavy atom. The smallest absolute Gasteiger partial charge is 0.261 e. The molecule has 1 fully saturated rings. The molecule has 2 amide bonds. The number of amides is 2. The van der Waals surface area contributed by atoms with Gasteiger partial charge in [0.05, 0.1) is 36.8 Å². The van der Waals surface area contributed by atoms with Gasteiger partial charge in [0.15, 0.2) is 10.8 Å². The van der Waals surface area contributed by atoms with Crippen molar-refractivity contribution in [3.8, 4) is 5.75 Å². The summed E-state index contributed by atoms with van der Waals surface area (Å²) in [6.07, 6.45) is 3.82. The Balaban J connectivity index is 1.70. The molecular weight excluding hydrogens is 486 g/mol. The third-order valence-corrected chi connectivity index (χ3v) is 8.40. The van der Waals surface area contributed by atoms with Crippen LogP contribution < -0.4 is 10.1 Å². The van der Waals surface area contributed by atoms with Crippen molar-refractivity contribution in [2.75, 3.05) is 32.1 Å². The first-order valence-electron chi connectivity index (χ1n) is 12.0. The van der Waals surface area contributed by atoms with E-state index in [0.29, 0.717) is 5.69 Å². The molecule has 2 heterocycles. The zero-order chi connectivity index (χ0) is 26.2. The highest BCUT2D eigenvalue weighted by Gasteiger charge is 2.37. The van der Waals surface area contributed by atoms with Gasteiger partial charge >= 0.3 is 0 Å². The molecule has 0 radical (unpaired) electrons. The standard InChI is InChI=1S/C24H33N5O6S/c1-15-10-29(16(2)13-30)24(32)18-6-5-7-19(26-23(31)17-8-9-17)22(18)35-20(15)11-28(4)36(33,34)21-12-27(3)14-25-21/h5-7,12,14-17,20,30H,8-11,13H2,1-4H3,(H,26,31)/t15-,16-,20+/m1/s1. The number of aliphatic hydroxyl groups excluding tert-OH is 1. The molecule has 36 heavy (non-hydrogen) atoms. The molecule has 12 heteroatoms. The maximum absolute atomic E-state index is 13.5. The number of aliphatic hydroxyl groups is 1. The number of rotatable bonds is 8. The van der Waals surface area contributed by atoms with E-state index < -0.39 is 22.2 Å². The molecule has 1 aliphatic carbocycles. The first kappa shape index (κ1) is 26.1. The van der Waals surface area contributed by atoms with Crippen molar-refractivity contribution < 1.29 is 27.9 Å². The number of carbonyl (C=O) groups excluding carboxylic acids is 2. The predicted octanol–water partition coefficient (Wildman–Crippen LogP) is 1.31. The number of aromatic nitrogens is 2. The number of fused-ring (bicyclic) bond motifs is 1. The second-order valence-electron chi connectivity index (χ2n) is 9.73. The van der Waals surface area contributed by atoms with Gasteiger partial charge in [0, 0.05) is 38.7 Å². The number of aryl methyl sites for hydroxylation is 1. The van der Waals surface area contributed by atoms with Crippen LogP contribution in [0.5, 0.6) is 5.75 Å². The summed E-state index contributed by atoms with van der Waals surface area (Å²) in [7, 11) is -0.739. The van der Waals surface area contributed by atoms with E-state index in [-0.39, 0.29) is 59.7 Å². The van der Waals surface area contributed by atoms with Gasteiger partial charge in [0.25, 0.3) is 15.9 Å². The zero-order valence-electron chi connectivity index (χ0n) is 20.9. The molecule has 11 nitrogen and oxygen atoms in total. The summed E-state index contributed by atoms with van der Waals surface area (Å²) in [6.45, 7) is 3.62. The third-order valence-electron chi connectivity index (χ3n) is 6.69. The molecule has 196 valence electrons. The van der Waals surface area contributed by atoms with Crippen LogP contribution in [0.2, 0.25) is 0 Å². The van der Waals surface area contributed by atoms with Crippen molar-refractivity contribution in [3.05, 3.63) is 36.3 Å². The number of anilines is 1. The van der Waals surface area contributed by atoms with E-state index in [9.17, 15) is 23.1 Å². The van der Waals surface area contributed by atoms with Gasteiger partial charge in [-0.25, -0.2) is 13.4 Å². The largest absolute Gasteiger partial charge is 0.486 e. The van der Waals surface area contributed by atoms with Crippen molar-refractivity contribution >= 4 is 27.5 Å². The molecular formula is C24H33N5O6S. The SMILES string of the molecule is C[C@@H]1CN([C@H](C)CO)C(=O)c2cccc(NC(=O)C3CC3)c2O[C@H]1CN(C)S(=O)(=O)c1cn(C)cn1. The van der Waals surface area contributed by atoms with Crippen LogP contribution in [0.3, 0.4) is 0 Å². The number of imidazole rings is 1. The Morgan fingerprint density at radius 3 is 2.69 bits per heavy atom. The van der Waals surface area contributed by atoms with Crippen molar-refractivity contribution in [2.24, 2.45) is 18.9 Å². The molecule has 4 rings (SSSR count). The fraction of sp³-hybridized carbons (Fsp3) is 0.542. The maximum atomic E-state index is 13.5. The summed E-state index contributed by atoms with van der Waals surface area (Å²) < 4.78 is 35.4. The van der Waals surface area contributed by atoms with Crippen LogP contribution in [0.1, 0.15) is 37.0 Å². The molecule has 1 saturated carbocycles. The summed E-state index contributed by atoms with van der Waals surface area (Å²) in [5.41, 5.74) is 0.611. The van der Waals surface area contributed by atoms with E-state index >= 15 is 0 Å². The number of benzene rings is 1. The third kappa shape index (κ3) is 5.25. The molecule has 0 spiro atoms. The lowest BCUT2D eigenvalue weighted by atomic mass is 9.99. The van der Waals surface area contributed by atoms with Crippen molar-refractivity contribution in [1.29, 1.82) is 0 Å². The monoisotopic (exact) mass is 519 g/mol. The summed E-state index contributed by atoms with van der Waals surface area (Å²) in [4.78, 5) is 31.6. The Labute approximate surface area is 211 Å². The summed E-state index contributed by atoms with van der Waals surface area (Å²) in [6, 6.07) is 4.49. The van der Waals surface area contributed by atoms with E-state index in [0.717, 1.165) is 12.8 Å². The lowest BCUT2D eigenvalue weighted by molar-refractivity contribution is -0.117. The van der Waals surface area contributed by atoms with Crippen molar-refractivity contribution in [3.63, 3.8) is 0 Å². The van der Waals surface area contributed by atoms with E-state index in [4.69, 9.17) is 4.74 Å². The van der Waals surface area contributed by atoms with E-state index in [1.807, 2.05) is 6.92 Å². The second-order valence-corrected chi connectivity index (χ2v) is 11.7. The highest BCUT2D eigenvalue weighted by molar-refractivity contribution is 7.89. The molecule has 1 aromatic carbocycles. The van der Waals surface area contributed by atoms with E-state index in [1.54, 1.807) is 41.6 Å². The van der Waals surface area contributed by atoms with Crippen LogP contribution in [0.15, 0.2) is 35.7 Å². The summed E-state index contributed by atoms with van der Waals surface area (Å²) in [5, 5.41) is 12.6. The fourth-order valence-electron chi connectivity index (χ4n) is 4.17. The van der Waals surface area contributed by atoms with Crippen molar-refractivity contribution in [1.82, 2.24) is 18.8 Å². The average molecular weight is 520 g/mol. The molecule has 0 bridgehead atoms. The van der Waals surface area contributed by atoms with Crippen LogP contribution in [-0.2, 0) is 21.9 Å². The quantitative estimate of drug-likeness (QED) is 0.537. The second kappa shape index (κ2) is 10.2. The minimum Gasteiger partial charge on any atom is -0.486 e. The molecule has 2 aliphatic rings. The number of likely N-dealkylation sites (N-methyl/N-ethyl adjacent to an activating group) is 1. The number of hydrogen-bond acceptors (Lipinski definition) is 7. The highest BCUT2D eigenvalue weighted by atomic mass is 32.2. The molecule has 1 aromatic heterocycles. The van der Waals surface area contributed by atoms with Gasteiger partial charge in [-0.3, -0.25) is 9.59 Å². The molecule has 0 saturated heterocycles. The maximum Gasteiger partial charge on any atom is 0.261 e. The van der Waals surface area contributed by atoms with Gasteiger partial charge in [-0.2, -0.15) is 4.31 Å². The minimum atomic E-state index is -3.89. The van der Waals surface area contributed by atoms with Gasteiger partial charge in [0.2, 0.25) is 5.91 Å². The number of carbonyl (C=O) groups is 2. The first-order chi connectivity index (χ1) is 17.0. The van der Waals surface area contributed by atoms with Gasteiger partial charge in [0.1, 0.15) is 6.10 Å². The number of nitrogens with one attached hydrogen (secondary N) is 1. The van der Waals surface area contributed by atoms with Crippen LogP contribution in [0.4, 0.5) is 5.69 Å². The number of nitrogens with zero attached hydrogens (tertiary/aromatic N) is 4. The molecule has 1 aliphatic heterocycles. The van der Waals surface area contributed by atoms with E-state index in [1.165, 1.54) is 23.9 Å². The Morgan fingerprint density at radius 2 is 2.08 bits per heavy atom. The van der Waals surface area contributed by atoms with Crippen molar-refractivity contribution in [2.45, 2.75) is 43.9 Å². The molecule has 0 unspecified atom stereocenters.